The zero-order valence-corrected chi connectivity index (χ0v) is 17.1. The van der Waals surface area contributed by atoms with E-state index in [-0.39, 0.29) is 0 Å². The zero-order valence-electron chi connectivity index (χ0n) is 16.3. The number of hydrogen-bond acceptors (Lipinski definition) is 6. The highest BCUT2D eigenvalue weighted by Gasteiger charge is 2.16. The Morgan fingerprint density at radius 1 is 1.04 bits per heavy atom. The predicted molar refractivity (Wildman–Crippen MR) is 112 cm³/mol. The quantitative estimate of drug-likeness (QED) is 0.613. The molecule has 28 heavy (non-hydrogen) atoms. The van der Waals surface area contributed by atoms with Crippen molar-refractivity contribution < 1.29 is 4.74 Å². The molecule has 0 radical (unpaired) electrons. The molecule has 0 atom stereocenters. The van der Waals surface area contributed by atoms with Crippen molar-refractivity contribution in [3.63, 3.8) is 0 Å². The van der Waals surface area contributed by atoms with E-state index in [1.54, 1.807) is 19.8 Å². The molecule has 0 N–H and O–H groups in total. The molecule has 0 amide bonds. The van der Waals surface area contributed by atoms with Crippen LogP contribution < -0.4 is 4.74 Å². The number of benzene rings is 1. The number of ether oxygens (including phenoxy) is 1. The smallest absolute Gasteiger partial charge is 0.137 e. The van der Waals surface area contributed by atoms with Crippen molar-refractivity contribution in [2.24, 2.45) is 0 Å². The van der Waals surface area contributed by atoms with Crippen LogP contribution in [-0.2, 0) is 19.6 Å². The van der Waals surface area contributed by atoms with Crippen LogP contribution in [-0.4, -0.2) is 57.9 Å². The number of thiophene rings is 1. The molecule has 2 aromatic heterocycles. The van der Waals surface area contributed by atoms with Gasteiger partial charge >= 0.3 is 0 Å². The maximum Gasteiger partial charge on any atom is 0.137 e. The summed E-state index contributed by atoms with van der Waals surface area (Å²) >= 11 is 1.85. The highest BCUT2D eigenvalue weighted by Crippen LogP contribution is 2.22. The highest BCUT2D eigenvalue weighted by atomic mass is 32.1. The Hall–Kier alpha value is -2.22. The Balaban J connectivity index is 1.38. The lowest BCUT2D eigenvalue weighted by atomic mass is 10.1. The molecule has 3 aromatic rings. The minimum atomic E-state index is 0.672. The molecule has 4 rings (SSSR count). The molecule has 1 aliphatic rings. The molecule has 0 unspecified atom stereocenters. The molecule has 6 nitrogen and oxygen atoms in total. The van der Waals surface area contributed by atoms with Crippen molar-refractivity contribution >= 4 is 11.3 Å². The van der Waals surface area contributed by atoms with Crippen LogP contribution in [0.2, 0.25) is 0 Å². The first-order valence-corrected chi connectivity index (χ1v) is 10.6. The van der Waals surface area contributed by atoms with Crippen molar-refractivity contribution in [2.45, 2.75) is 26.1 Å². The minimum Gasteiger partial charge on any atom is -0.496 e. The van der Waals surface area contributed by atoms with E-state index in [0.717, 1.165) is 44.0 Å². The van der Waals surface area contributed by atoms with E-state index in [2.05, 4.69) is 55.6 Å². The van der Waals surface area contributed by atoms with E-state index in [0.29, 0.717) is 6.54 Å². The molecule has 1 aliphatic heterocycles. The average Bonchev–Trinajstić information content (AvgIpc) is 3.36. The summed E-state index contributed by atoms with van der Waals surface area (Å²) < 4.78 is 7.37. The summed E-state index contributed by atoms with van der Waals surface area (Å²) in [6.07, 6.45) is 4.52. The molecule has 148 valence electrons. The molecule has 3 heterocycles. The van der Waals surface area contributed by atoms with E-state index in [1.807, 2.05) is 16.0 Å². The summed E-state index contributed by atoms with van der Waals surface area (Å²) in [6.45, 7) is 7.28. The standard InChI is InChI=1S/C21H27N5OS/c1-27-21-6-5-18(12-19(21)14-26-17-22-16-23-26)13-24-7-3-8-25(10-9-24)15-20-4-2-11-28-20/h2,4-6,11-12,16-17H,3,7-10,13-15H2,1H3. The molecule has 7 heteroatoms. The monoisotopic (exact) mass is 397 g/mol. The molecule has 1 saturated heterocycles. The third-order valence-electron chi connectivity index (χ3n) is 5.19. The lowest BCUT2D eigenvalue weighted by molar-refractivity contribution is 0.248. The fourth-order valence-corrected chi connectivity index (χ4v) is 4.51. The number of aromatic nitrogens is 3. The van der Waals surface area contributed by atoms with E-state index in [1.165, 1.54) is 23.4 Å². The van der Waals surface area contributed by atoms with Gasteiger partial charge in [-0.1, -0.05) is 12.1 Å². The van der Waals surface area contributed by atoms with Gasteiger partial charge in [-0.25, -0.2) is 9.67 Å². The van der Waals surface area contributed by atoms with Crippen molar-refractivity contribution in [3.8, 4) is 5.75 Å². The molecular formula is C21H27N5OS. The molecule has 1 aromatic carbocycles. The second-order valence-electron chi connectivity index (χ2n) is 7.22. The second kappa shape index (κ2) is 9.32. The van der Waals surface area contributed by atoms with Crippen LogP contribution in [0.15, 0.2) is 48.4 Å². The van der Waals surface area contributed by atoms with Crippen LogP contribution in [0.4, 0.5) is 0 Å². The maximum atomic E-state index is 5.54. The predicted octanol–water partition coefficient (Wildman–Crippen LogP) is 3.10. The Bertz CT molecular complexity index is 850. The van der Waals surface area contributed by atoms with Crippen LogP contribution in [0, 0.1) is 0 Å². The van der Waals surface area contributed by atoms with Gasteiger partial charge in [0.15, 0.2) is 0 Å². The Labute approximate surface area is 170 Å². The van der Waals surface area contributed by atoms with Gasteiger partial charge in [-0.2, -0.15) is 5.10 Å². The second-order valence-corrected chi connectivity index (χ2v) is 8.26. The van der Waals surface area contributed by atoms with Crippen molar-refractivity contribution in [3.05, 3.63) is 64.4 Å². The van der Waals surface area contributed by atoms with Crippen LogP contribution in [0.1, 0.15) is 22.4 Å². The van der Waals surface area contributed by atoms with Crippen molar-refractivity contribution in [2.75, 3.05) is 33.3 Å². The summed E-state index contributed by atoms with van der Waals surface area (Å²) in [5.41, 5.74) is 2.46. The third-order valence-corrected chi connectivity index (χ3v) is 6.05. The average molecular weight is 398 g/mol. The Kier molecular flexibility index (Phi) is 6.36. The molecular weight excluding hydrogens is 370 g/mol. The molecule has 0 bridgehead atoms. The minimum absolute atomic E-state index is 0.672. The fourth-order valence-electron chi connectivity index (χ4n) is 3.76. The SMILES string of the molecule is COc1ccc(CN2CCCN(Cc3cccs3)CC2)cc1Cn1cncn1. The van der Waals surface area contributed by atoms with Gasteiger partial charge < -0.3 is 4.74 Å². The molecule has 0 aliphatic carbocycles. The summed E-state index contributed by atoms with van der Waals surface area (Å²) in [7, 11) is 1.72. The third kappa shape index (κ3) is 4.98. The molecule has 0 saturated carbocycles. The highest BCUT2D eigenvalue weighted by molar-refractivity contribution is 7.09. The van der Waals surface area contributed by atoms with Gasteiger partial charge in [0.1, 0.15) is 18.4 Å². The first-order valence-electron chi connectivity index (χ1n) is 9.75. The lowest BCUT2D eigenvalue weighted by Crippen LogP contribution is -2.30. The summed E-state index contributed by atoms with van der Waals surface area (Å²) in [5, 5.41) is 6.39. The zero-order chi connectivity index (χ0) is 19.2. The number of nitrogens with zero attached hydrogens (tertiary/aromatic N) is 5. The van der Waals surface area contributed by atoms with E-state index in [9.17, 15) is 0 Å². The largest absolute Gasteiger partial charge is 0.496 e. The van der Waals surface area contributed by atoms with Gasteiger partial charge in [0, 0.05) is 36.6 Å². The Morgan fingerprint density at radius 2 is 1.89 bits per heavy atom. The first kappa shape index (κ1) is 19.1. The van der Waals surface area contributed by atoms with E-state index >= 15 is 0 Å². The van der Waals surface area contributed by atoms with Crippen molar-refractivity contribution in [1.29, 1.82) is 0 Å². The van der Waals surface area contributed by atoms with Crippen LogP contribution >= 0.6 is 11.3 Å². The number of methoxy groups -OCH3 is 1. The summed E-state index contributed by atoms with van der Waals surface area (Å²) in [5.74, 6) is 0.900. The van der Waals surface area contributed by atoms with Gasteiger partial charge in [0.25, 0.3) is 0 Å². The van der Waals surface area contributed by atoms with Gasteiger partial charge in [0.2, 0.25) is 0 Å². The normalized spacial score (nSPS) is 16.2. The first-order chi connectivity index (χ1) is 13.8. The van der Waals surface area contributed by atoms with Gasteiger partial charge in [-0.05, 0) is 48.7 Å². The van der Waals surface area contributed by atoms with Gasteiger partial charge in [-0.3, -0.25) is 9.80 Å². The lowest BCUT2D eigenvalue weighted by Gasteiger charge is -2.22. The summed E-state index contributed by atoms with van der Waals surface area (Å²) in [4.78, 5) is 10.6. The van der Waals surface area contributed by atoms with Crippen LogP contribution in [0.5, 0.6) is 5.75 Å². The number of hydrogen-bond donors (Lipinski definition) is 0. The Morgan fingerprint density at radius 3 is 2.61 bits per heavy atom. The number of rotatable bonds is 7. The summed E-state index contributed by atoms with van der Waals surface area (Å²) in [6, 6.07) is 10.9. The fraction of sp³-hybridized carbons (Fsp3) is 0.429. The van der Waals surface area contributed by atoms with Gasteiger partial charge in [-0.15, -0.1) is 11.3 Å². The maximum absolute atomic E-state index is 5.54. The van der Waals surface area contributed by atoms with E-state index in [4.69, 9.17) is 4.74 Å². The van der Waals surface area contributed by atoms with Crippen LogP contribution in [0.3, 0.4) is 0 Å². The topological polar surface area (TPSA) is 46.4 Å². The van der Waals surface area contributed by atoms with Crippen molar-refractivity contribution in [1.82, 2.24) is 24.6 Å². The molecule has 1 fully saturated rings. The molecule has 0 spiro atoms. The van der Waals surface area contributed by atoms with Crippen LogP contribution in [0.25, 0.3) is 0 Å². The van der Waals surface area contributed by atoms with E-state index < -0.39 is 0 Å². The van der Waals surface area contributed by atoms with Gasteiger partial charge in [0.05, 0.1) is 13.7 Å².